The fraction of sp³-hybridized carbons (Fsp3) is 0.538. The summed E-state index contributed by atoms with van der Waals surface area (Å²) in [6.45, 7) is 0.745. The topological polar surface area (TPSA) is 41.5 Å². The molecule has 1 aromatic rings. The van der Waals surface area contributed by atoms with Crippen LogP contribution in [0.1, 0.15) is 18.4 Å². The Labute approximate surface area is 108 Å². The van der Waals surface area contributed by atoms with Gasteiger partial charge in [0.2, 0.25) is 0 Å². The molecule has 2 bridgehead atoms. The highest BCUT2D eigenvalue weighted by molar-refractivity contribution is 5.29. The Morgan fingerprint density at radius 2 is 1.68 bits per heavy atom. The minimum atomic E-state index is -1.69. The summed E-state index contributed by atoms with van der Waals surface area (Å²) in [4.78, 5) is 0. The Balaban J connectivity index is 2.03. The normalized spacial score (nSPS) is 34.3. The van der Waals surface area contributed by atoms with Crippen molar-refractivity contribution < 1.29 is 23.0 Å². The van der Waals surface area contributed by atoms with E-state index in [4.69, 9.17) is 4.74 Å². The van der Waals surface area contributed by atoms with Gasteiger partial charge in [-0.05, 0) is 25.0 Å². The lowest BCUT2D eigenvalue weighted by Gasteiger charge is -2.45. The highest BCUT2D eigenvalue weighted by atomic mass is 19.2. The van der Waals surface area contributed by atoms with Crippen molar-refractivity contribution in [2.75, 3.05) is 13.2 Å². The van der Waals surface area contributed by atoms with Crippen LogP contribution in [0, 0.1) is 17.5 Å². The highest BCUT2D eigenvalue weighted by Crippen LogP contribution is 2.39. The summed E-state index contributed by atoms with van der Waals surface area (Å²) in [5.74, 6) is -3.37. The van der Waals surface area contributed by atoms with Crippen molar-refractivity contribution in [2.45, 2.75) is 30.5 Å². The number of fused-ring (bicyclic) bond motifs is 2. The number of aliphatic hydroxyl groups is 1. The van der Waals surface area contributed by atoms with Crippen molar-refractivity contribution in [2.24, 2.45) is 0 Å². The van der Waals surface area contributed by atoms with Gasteiger partial charge in [-0.2, -0.15) is 0 Å². The quantitative estimate of drug-likeness (QED) is 0.761. The standard InChI is InChI=1S/C13H14F3NO2/c14-9-1-2-10(15)12(16)11(9)13(18)3-7-5-19-6-8(4-13)17-7/h1-2,7-8,17-18H,3-6H2. The molecule has 2 fully saturated rings. The van der Waals surface area contributed by atoms with Crippen LogP contribution in [0.5, 0.6) is 0 Å². The number of nitrogens with one attached hydrogen (secondary N) is 1. The first-order valence-corrected chi connectivity index (χ1v) is 6.20. The Kier molecular flexibility index (Phi) is 3.03. The first-order chi connectivity index (χ1) is 8.99. The lowest BCUT2D eigenvalue weighted by molar-refractivity contribution is -0.0836. The van der Waals surface area contributed by atoms with E-state index in [1.54, 1.807) is 0 Å². The smallest absolute Gasteiger partial charge is 0.167 e. The second-order valence-corrected chi connectivity index (χ2v) is 5.26. The maximum atomic E-state index is 13.8. The zero-order valence-corrected chi connectivity index (χ0v) is 10.1. The van der Waals surface area contributed by atoms with E-state index in [0.29, 0.717) is 13.2 Å². The third kappa shape index (κ3) is 2.13. The molecule has 2 atom stereocenters. The lowest BCUT2D eigenvalue weighted by atomic mass is 9.77. The van der Waals surface area contributed by atoms with Crippen LogP contribution in [-0.4, -0.2) is 30.4 Å². The van der Waals surface area contributed by atoms with Crippen molar-refractivity contribution in [3.63, 3.8) is 0 Å². The maximum Gasteiger partial charge on any atom is 0.167 e. The Bertz CT molecular complexity index is 497. The van der Waals surface area contributed by atoms with Crippen LogP contribution >= 0.6 is 0 Å². The molecule has 19 heavy (non-hydrogen) atoms. The molecule has 0 aromatic heterocycles. The first kappa shape index (κ1) is 12.9. The minimum absolute atomic E-state index is 0.0980. The van der Waals surface area contributed by atoms with Crippen LogP contribution in [0.4, 0.5) is 13.2 Å². The number of rotatable bonds is 1. The van der Waals surface area contributed by atoms with Crippen LogP contribution in [0.25, 0.3) is 0 Å². The monoisotopic (exact) mass is 273 g/mol. The van der Waals surface area contributed by atoms with Gasteiger partial charge in [0.15, 0.2) is 11.6 Å². The van der Waals surface area contributed by atoms with E-state index in [1.807, 2.05) is 0 Å². The minimum Gasteiger partial charge on any atom is -0.385 e. The largest absolute Gasteiger partial charge is 0.385 e. The summed E-state index contributed by atoms with van der Waals surface area (Å²) in [5, 5.41) is 13.8. The van der Waals surface area contributed by atoms with Gasteiger partial charge in [-0.25, -0.2) is 13.2 Å². The van der Waals surface area contributed by atoms with E-state index in [2.05, 4.69) is 5.32 Å². The van der Waals surface area contributed by atoms with Gasteiger partial charge in [-0.1, -0.05) is 0 Å². The Morgan fingerprint density at radius 3 is 2.32 bits per heavy atom. The number of piperidine rings is 1. The summed E-state index contributed by atoms with van der Waals surface area (Å²) in [6, 6.07) is 1.21. The van der Waals surface area contributed by atoms with Gasteiger partial charge < -0.3 is 15.2 Å². The maximum absolute atomic E-state index is 13.8. The second kappa shape index (κ2) is 4.47. The summed E-state index contributed by atoms with van der Waals surface area (Å²) in [6.07, 6.45) is 0.196. The molecule has 2 saturated heterocycles. The molecule has 2 unspecified atom stereocenters. The Morgan fingerprint density at radius 1 is 1.11 bits per heavy atom. The van der Waals surface area contributed by atoms with Crippen LogP contribution in [-0.2, 0) is 10.3 Å². The molecule has 2 aliphatic heterocycles. The van der Waals surface area contributed by atoms with Gasteiger partial charge >= 0.3 is 0 Å². The molecule has 1 aromatic carbocycles. The zero-order chi connectivity index (χ0) is 13.6. The van der Waals surface area contributed by atoms with E-state index < -0.39 is 28.6 Å². The highest BCUT2D eigenvalue weighted by Gasteiger charge is 2.45. The third-order valence-electron chi connectivity index (χ3n) is 3.79. The van der Waals surface area contributed by atoms with E-state index in [9.17, 15) is 18.3 Å². The van der Waals surface area contributed by atoms with Gasteiger partial charge in [0.1, 0.15) is 5.82 Å². The van der Waals surface area contributed by atoms with E-state index in [0.717, 1.165) is 12.1 Å². The molecule has 0 aliphatic carbocycles. The summed E-state index contributed by atoms with van der Waals surface area (Å²) >= 11 is 0. The first-order valence-electron chi connectivity index (χ1n) is 6.20. The van der Waals surface area contributed by atoms with Crippen LogP contribution < -0.4 is 5.32 Å². The van der Waals surface area contributed by atoms with E-state index in [1.165, 1.54) is 0 Å². The molecule has 0 saturated carbocycles. The number of hydrogen-bond donors (Lipinski definition) is 2. The molecule has 2 aliphatic rings. The predicted octanol–water partition coefficient (Wildman–Crippen LogP) is 1.44. The van der Waals surface area contributed by atoms with Crippen LogP contribution in [0.2, 0.25) is 0 Å². The van der Waals surface area contributed by atoms with E-state index >= 15 is 0 Å². The fourth-order valence-corrected chi connectivity index (χ4v) is 3.07. The number of hydrogen-bond acceptors (Lipinski definition) is 3. The SMILES string of the molecule is OC1(c2c(F)ccc(F)c2F)CC2COCC(C1)N2. The Hall–Kier alpha value is -1.11. The molecule has 0 radical (unpaired) electrons. The molecule has 6 heteroatoms. The van der Waals surface area contributed by atoms with E-state index in [-0.39, 0.29) is 24.9 Å². The molecule has 2 N–H and O–H groups in total. The van der Waals surface area contributed by atoms with Crippen molar-refractivity contribution in [1.82, 2.24) is 5.32 Å². The molecule has 3 nitrogen and oxygen atoms in total. The number of benzene rings is 1. The number of morpholine rings is 1. The van der Waals surface area contributed by atoms with Gasteiger partial charge in [0.05, 0.1) is 24.4 Å². The molecular weight excluding hydrogens is 259 g/mol. The van der Waals surface area contributed by atoms with Gasteiger partial charge in [0, 0.05) is 12.1 Å². The van der Waals surface area contributed by atoms with Crippen LogP contribution in [0.3, 0.4) is 0 Å². The average Bonchev–Trinajstić information content (AvgIpc) is 2.33. The summed E-state index contributed by atoms with van der Waals surface area (Å²) < 4.78 is 46.3. The zero-order valence-electron chi connectivity index (χ0n) is 10.1. The summed E-state index contributed by atoms with van der Waals surface area (Å²) in [7, 11) is 0. The average molecular weight is 273 g/mol. The van der Waals surface area contributed by atoms with Crippen molar-refractivity contribution in [1.29, 1.82) is 0 Å². The molecule has 0 amide bonds. The van der Waals surface area contributed by atoms with Crippen molar-refractivity contribution in [3.05, 3.63) is 35.1 Å². The second-order valence-electron chi connectivity index (χ2n) is 5.26. The predicted molar refractivity (Wildman–Crippen MR) is 61.0 cm³/mol. The van der Waals surface area contributed by atoms with Crippen molar-refractivity contribution >= 4 is 0 Å². The van der Waals surface area contributed by atoms with Gasteiger partial charge in [0.25, 0.3) is 0 Å². The molecule has 3 rings (SSSR count). The summed E-state index contributed by atoms with van der Waals surface area (Å²) in [5.41, 5.74) is -2.26. The van der Waals surface area contributed by atoms with Crippen LogP contribution in [0.15, 0.2) is 12.1 Å². The van der Waals surface area contributed by atoms with Gasteiger partial charge in [-0.15, -0.1) is 0 Å². The fourth-order valence-electron chi connectivity index (χ4n) is 3.07. The molecule has 0 spiro atoms. The molecule has 2 heterocycles. The molecular formula is C13H14F3NO2. The van der Waals surface area contributed by atoms with Crippen molar-refractivity contribution in [3.8, 4) is 0 Å². The lowest BCUT2D eigenvalue weighted by Crippen LogP contribution is -2.59. The number of halogens is 3. The third-order valence-corrected chi connectivity index (χ3v) is 3.79. The number of ether oxygens (including phenoxy) is 1. The van der Waals surface area contributed by atoms with Gasteiger partial charge in [-0.3, -0.25) is 0 Å². The molecule has 104 valence electrons.